The molecule has 3 nitrogen and oxygen atoms in total. The third-order valence-electron chi connectivity index (χ3n) is 0.538. The number of hydrogen-bond acceptors (Lipinski definition) is 3. The molecule has 1 unspecified atom stereocenters. The van der Waals surface area contributed by atoms with Crippen LogP contribution in [0.3, 0.4) is 0 Å². The molecule has 0 spiro atoms. The Hall–Kier alpha value is 0.890. The molecule has 0 aromatic rings. The monoisotopic (exact) mass is 192 g/mol. The summed E-state index contributed by atoms with van der Waals surface area (Å²) < 4.78 is 4.35. The first kappa shape index (κ1) is 9.89. The van der Waals surface area contributed by atoms with Crippen LogP contribution in [0, 0.1) is 0 Å². The van der Waals surface area contributed by atoms with E-state index in [-0.39, 0.29) is 17.9 Å². The van der Waals surface area contributed by atoms with Crippen LogP contribution >= 0.6 is 31.8 Å². The summed E-state index contributed by atoms with van der Waals surface area (Å²) in [5, 5.41) is -0.351. The highest BCUT2D eigenvalue weighted by Gasteiger charge is 2.05. The molecule has 0 aliphatic rings. The fraction of sp³-hybridized carbons (Fsp3) is 1.00. The molecule has 0 aliphatic carbocycles. The molecular formula is C3H7Cl2O3P. The highest BCUT2D eigenvalue weighted by molar-refractivity contribution is 7.39. The van der Waals surface area contributed by atoms with E-state index < -0.39 is 8.60 Å². The lowest BCUT2D eigenvalue weighted by molar-refractivity contribution is 0.258. The van der Waals surface area contributed by atoms with Crippen LogP contribution in [-0.2, 0) is 4.52 Å². The summed E-state index contributed by atoms with van der Waals surface area (Å²) in [6.07, 6.45) is 0. The van der Waals surface area contributed by atoms with Crippen LogP contribution in [-0.4, -0.2) is 27.7 Å². The van der Waals surface area contributed by atoms with E-state index in [1.807, 2.05) is 0 Å². The smallest absolute Gasteiger partial charge is 0.327 e. The minimum atomic E-state index is -2.28. The third-order valence-corrected chi connectivity index (χ3v) is 1.73. The van der Waals surface area contributed by atoms with Gasteiger partial charge in [-0.3, -0.25) is 0 Å². The quantitative estimate of drug-likeness (QED) is 0.518. The fourth-order valence-electron chi connectivity index (χ4n) is 0.192. The number of halogens is 2. The van der Waals surface area contributed by atoms with Gasteiger partial charge in [-0.05, 0) is 0 Å². The molecule has 6 heteroatoms. The molecule has 9 heavy (non-hydrogen) atoms. The van der Waals surface area contributed by atoms with Gasteiger partial charge >= 0.3 is 8.60 Å². The molecular weight excluding hydrogens is 186 g/mol. The van der Waals surface area contributed by atoms with E-state index in [1.165, 1.54) is 0 Å². The standard InChI is InChI=1S/C3H7Cl2O3P/c4-1-3(5)2-8-9(6)7/h3,6-7H,1-2H2. The Morgan fingerprint density at radius 1 is 1.56 bits per heavy atom. The van der Waals surface area contributed by atoms with Crippen molar-refractivity contribution in [1.82, 2.24) is 0 Å². The Balaban J connectivity index is 3.06. The number of alkyl halides is 2. The zero-order chi connectivity index (χ0) is 7.28. The predicted octanol–water partition coefficient (Wildman–Crippen LogP) is 1.06. The van der Waals surface area contributed by atoms with Crippen LogP contribution in [0.5, 0.6) is 0 Å². The van der Waals surface area contributed by atoms with Gasteiger partial charge in [0, 0.05) is 5.88 Å². The van der Waals surface area contributed by atoms with E-state index >= 15 is 0 Å². The Labute approximate surface area is 64.5 Å². The molecule has 0 saturated heterocycles. The van der Waals surface area contributed by atoms with Crippen LogP contribution in [0.2, 0.25) is 0 Å². The molecule has 0 amide bonds. The Kier molecular flexibility index (Phi) is 6.22. The average molecular weight is 193 g/mol. The van der Waals surface area contributed by atoms with Gasteiger partial charge in [0.2, 0.25) is 0 Å². The largest absolute Gasteiger partial charge is 0.328 e. The Bertz CT molecular complexity index is 72.1. The highest BCUT2D eigenvalue weighted by Crippen LogP contribution is 2.24. The van der Waals surface area contributed by atoms with Gasteiger partial charge in [-0.1, -0.05) is 0 Å². The number of hydrogen-bond donors (Lipinski definition) is 2. The van der Waals surface area contributed by atoms with E-state index in [1.54, 1.807) is 0 Å². The van der Waals surface area contributed by atoms with Crippen molar-refractivity contribution in [2.75, 3.05) is 12.5 Å². The minimum absolute atomic E-state index is 0.0732. The summed E-state index contributed by atoms with van der Waals surface area (Å²) in [6.45, 7) is 0.0732. The van der Waals surface area contributed by atoms with Crippen molar-refractivity contribution in [3.63, 3.8) is 0 Å². The lowest BCUT2D eigenvalue weighted by atomic mass is 10.5. The highest BCUT2D eigenvalue weighted by atomic mass is 35.5. The normalized spacial score (nSPS) is 14.3. The summed E-state index contributed by atoms with van der Waals surface area (Å²) in [5.74, 6) is 0.241. The van der Waals surface area contributed by atoms with Crippen LogP contribution in [0.15, 0.2) is 0 Å². The first-order valence-electron chi connectivity index (χ1n) is 2.17. The van der Waals surface area contributed by atoms with Crippen LogP contribution < -0.4 is 0 Å². The van der Waals surface area contributed by atoms with Crippen molar-refractivity contribution in [3.05, 3.63) is 0 Å². The van der Waals surface area contributed by atoms with Crippen molar-refractivity contribution in [2.45, 2.75) is 5.38 Å². The van der Waals surface area contributed by atoms with Gasteiger partial charge < -0.3 is 14.3 Å². The summed E-state index contributed by atoms with van der Waals surface area (Å²) in [7, 11) is -2.28. The predicted molar refractivity (Wildman–Crippen MR) is 37.7 cm³/mol. The molecule has 0 bridgehead atoms. The molecule has 2 N–H and O–H groups in total. The molecule has 0 aromatic heterocycles. The van der Waals surface area contributed by atoms with Gasteiger partial charge in [0.05, 0.1) is 12.0 Å². The summed E-state index contributed by atoms with van der Waals surface area (Å²) in [5.41, 5.74) is 0. The molecule has 0 rings (SSSR count). The molecule has 0 aromatic carbocycles. The molecule has 0 aliphatic heterocycles. The zero-order valence-electron chi connectivity index (χ0n) is 4.50. The molecule has 0 fully saturated rings. The summed E-state index contributed by atoms with van der Waals surface area (Å²) >= 11 is 10.7. The van der Waals surface area contributed by atoms with Crippen LogP contribution in [0.1, 0.15) is 0 Å². The molecule has 56 valence electrons. The molecule has 1 atom stereocenters. The summed E-state index contributed by atoms with van der Waals surface area (Å²) in [6, 6.07) is 0. The van der Waals surface area contributed by atoms with Gasteiger partial charge in [-0.25, -0.2) is 0 Å². The molecule has 0 heterocycles. The van der Waals surface area contributed by atoms with Crippen molar-refractivity contribution in [3.8, 4) is 0 Å². The van der Waals surface area contributed by atoms with E-state index in [9.17, 15) is 0 Å². The fourth-order valence-corrected chi connectivity index (χ4v) is 0.745. The van der Waals surface area contributed by atoms with Crippen LogP contribution in [0.25, 0.3) is 0 Å². The van der Waals surface area contributed by atoms with Crippen molar-refractivity contribution < 1.29 is 14.3 Å². The minimum Gasteiger partial charge on any atom is -0.328 e. The van der Waals surface area contributed by atoms with Gasteiger partial charge in [0.1, 0.15) is 0 Å². The van der Waals surface area contributed by atoms with E-state index in [4.69, 9.17) is 33.0 Å². The van der Waals surface area contributed by atoms with Gasteiger partial charge in [-0.2, -0.15) is 0 Å². The van der Waals surface area contributed by atoms with E-state index in [0.29, 0.717) is 0 Å². The Morgan fingerprint density at radius 2 is 2.11 bits per heavy atom. The second-order valence-electron chi connectivity index (χ2n) is 1.30. The molecule has 0 radical (unpaired) electrons. The lowest BCUT2D eigenvalue weighted by Gasteiger charge is -2.05. The van der Waals surface area contributed by atoms with Gasteiger partial charge in [0.15, 0.2) is 0 Å². The Morgan fingerprint density at radius 3 is 2.44 bits per heavy atom. The maximum Gasteiger partial charge on any atom is 0.327 e. The van der Waals surface area contributed by atoms with Gasteiger partial charge in [0.25, 0.3) is 0 Å². The topological polar surface area (TPSA) is 49.7 Å². The number of rotatable bonds is 4. The third kappa shape index (κ3) is 6.78. The second-order valence-corrected chi connectivity index (χ2v) is 2.99. The average Bonchev–Trinajstić information content (AvgIpc) is 1.83. The van der Waals surface area contributed by atoms with E-state index in [0.717, 1.165) is 0 Å². The van der Waals surface area contributed by atoms with Crippen molar-refractivity contribution in [1.29, 1.82) is 0 Å². The summed E-state index contributed by atoms with van der Waals surface area (Å²) in [4.78, 5) is 16.4. The first-order chi connectivity index (χ1) is 4.16. The van der Waals surface area contributed by atoms with Crippen molar-refractivity contribution >= 4 is 31.8 Å². The van der Waals surface area contributed by atoms with Gasteiger partial charge in [-0.15, -0.1) is 23.2 Å². The maximum atomic E-state index is 8.19. The SMILES string of the molecule is OP(O)OCC(Cl)CCl. The van der Waals surface area contributed by atoms with E-state index in [2.05, 4.69) is 4.52 Å². The first-order valence-corrected chi connectivity index (χ1v) is 4.31. The second kappa shape index (κ2) is 5.66. The van der Waals surface area contributed by atoms with Crippen LogP contribution in [0.4, 0.5) is 0 Å². The maximum absolute atomic E-state index is 8.19. The lowest BCUT2D eigenvalue weighted by Crippen LogP contribution is -2.07. The zero-order valence-corrected chi connectivity index (χ0v) is 6.90. The van der Waals surface area contributed by atoms with Crippen molar-refractivity contribution in [2.24, 2.45) is 0 Å². The molecule has 0 saturated carbocycles.